The van der Waals surface area contributed by atoms with Gasteiger partial charge in [0.25, 0.3) is 5.56 Å². The van der Waals surface area contributed by atoms with E-state index in [0.29, 0.717) is 23.9 Å². The molecule has 1 saturated heterocycles. The van der Waals surface area contributed by atoms with Gasteiger partial charge in [-0.15, -0.1) is 0 Å². The van der Waals surface area contributed by atoms with Crippen LogP contribution in [-0.4, -0.2) is 58.5 Å². The Labute approximate surface area is 129 Å². The number of carbonyl (C=O) groups excluding carboxylic acids is 1. The van der Waals surface area contributed by atoms with Crippen molar-refractivity contribution >= 4 is 16.8 Å². The van der Waals surface area contributed by atoms with E-state index in [4.69, 9.17) is 0 Å². The van der Waals surface area contributed by atoms with Crippen LogP contribution in [0, 0.1) is 0 Å². The third-order valence-corrected chi connectivity index (χ3v) is 4.15. The van der Waals surface area contributed by atoms with E-state index in [1.165, 1.54) is 10.9 Å². The summed E-state index contributed by atoms with van der Waals surface area (Å²) in [5.74, 6) is 0.105. The first-order chi connectivity index (χ1) is 10.6. The van der Waals surface area contributed by atoms with Gasteiger partial charge >= 0.3 is 0 Å². The molecule has 6 heteroatoms. The summed E-state index contributed by atoms with van der Waals surface area (Å²) in [6.45, 7) is 3.72. The van der Waals surface area contributed by atoms with Crippen LogP contribution in [0.1, 0.15) is 6.42 Å². The van der Waals surface area contributed by atoms with Crippen LogP contribution in [0.3, 0.4) is 0 Å². The number of likely N-dealkylation sites (N-methyl/N-ethyl adjacent to an activating group) is 1. The number of carbonyl (C=O) groups is 1. The molecule has 1 aromatic carbocycles. The van der Waals surface area contributed by atoms with Crippen LogP contribution in [0.5, 0.6) is 0 Å². The number of amides is 1. The third-order valence-electron chi connectivity index (χ3n) is 4.15. The zero-order valence-corrected chi connectivity index (χ0v) is 12.7. The molecule has 1 aliphatic heterocycles. The lowest BCUT2D eigenvalue weighted by molar-refractivity contribution is -0.133. The van der Waals surface area contributed by atoms with Crippen molar-refractivity contribution in [2.75, 3.05) is 33.2 Å². The van der Waals surface area contributed by atoms with Crippen LogP contribution in [0.2, 0.25) is 0 Å². The standard InChI is InChI=1S/C16H20N4O2/c1-18-8-10-19(11-9-18)15(21)6-7-20-12-17-14-5-3-2-4-13(14)16(20)22/h2-5,12H,6-11H2,1H3. The Kier molecular flexibility index (Phi) is 4.20. The van der Waals surface area contributed by atoms with Gasteiger partial charge in [0.05, 0.1) is 17.2 Å². The fourth-order valence-corrected chi connectivity index (χ4v) is 2.70. The van der Waals surface area contributed by atoms with Crippen molar-refractivity contribution < 1.29 is 4.79 Å². The van der Waals surface area contributed by atoms with Gasteiger partial charge in [0.15, 0.2) is 0 Å². The SMILES string of the molecule is CN1CCN(C(=O)CCn2cnc3ccccc3c2=O)CC1. The zero-order chi connectivity index (χ0) is 15.5. The Morgan fingerprint density at radius 2 is 1.91 bits per heavy atom. The maximum absolute atomic E-state index is 12.4. The average Bonchev–Trinajstić information content (AvgIpc) is 2.55. The molecule has 0 spiro atoms. The van der Waals surface area contributed by atoms with Crippen LogP contribution in [0.25, 0.3) is 10.9 Å². The van der Waals surface area contributed by atoms with Crippen LogP contribution in [0.15, 0.2) is 35.4 Å². The van der Waals surface area contributed by atoms with E-state index < -0.39 is 0 Å². The van der Waals surface area contributed by atoms with E-state index in [1.54, 1.807) is 6.07 Å². The van der Waals surface area contributed by atoms with Gasteiger partial charge in [-0.05, 0) is 19.2 Å². The Morgan fingerprint density at radius 3 is 2.68 bits per heavy atom. The highest BCUT2D eigenvalue weighted by molar-refractivity contribution is 5.77. The highest BCUT2D eigenvalue weighted by Crippen LogP contribution is 2.06. The highest BCUT2D eigenvalue weighted by Gasteiger charge is 2.18. The molecule has 116 valence electrons. The summed E-state index contributed by atoms with van der Waals surface area (Å²) in [5.41, 5.74) is 0.603. The number of rotatable bonds is 3. The van der Waals surface area contributed by atoms with Gasteiger partial charge in [-0.25, -0.2) is 4.98 Å². The first-order valence-corrected chi connectivity index (χ1v) is 7.55. The molecule has 0 atom stereocenters. The molecule has 3 rings (SSSR count). The van der Waals surface area contributed by atoms with Gasteiger partial charge in [-0.3, -0.25) is 14.2 Å². The van der Waals surface area contributed by atoms with Crippen molar-refractivity contribution in [3.8, 4) is 0 Å². The van der Waals surface area contributed by atoms with Gasteiger partial charge in [-0.1, -0.05) is 12.1 Å². The Bertz CT molecular complexity index is 732. The number of hydrogen-bond donors (Lipinski definition) is 0. The van der Waals surface area contributed by atoms with Gasteiger partial charge in [0.1, 0.15) is 0 Å². The lowest BCUT2D eigenvalue weighted by Gasteiger charge is -2.32. The molecule has 1 aromatic heterocycles. The van der Waals surface area contributed by atoms with Crippen molar-refractivity contribution in [3.05, 3.63) is 40.9 Å². The second kappa shape index (κ2) is 6.27. The number of benzene rings is 1. The zero-order valence-electron chi connectivity index (χ0n) is 12.7. The number of hydrogen-bond acceptors (Lipinski definition) is 4. The molecule has 1 amide bonds. The predicted molar refractivity (Wildman–Crippen MR) is 84.7 cm³/mol. The van der Waals surface area contributed by atoms with Crippen LogP contribution in [0.4, 0.5) is 0 Å². The van der Waals surface area contributed by atoms with E-state index in [2.05, 4.69) is 16.9 Å². The summed E-state index contributed by atoms with van der Waals surface area (Å²) in [5, 5.41) is 0.594. The van der Waals surface area contributed by atoms with Crippen molar-refractivity contribution in [1.82, 2.24) is 19.4 Å². The van der Waals surface area contributed by atoms with Gasteiger partial charge < -0.3 is 9.80 Å². The topological polar surface area (TPSA) is 58.4 Å². The Balaban J connectivity index is 1.68. The average molecular weight is 300 g/mol. The maximum Gasteiger partial charge on any atom is 0.261 e. The van der Waals surface area contributed by atoms with Crippen LogP contribution in [-0.2, 0) is 11.3 Å². The fraction of sp³-hybridized carbons (Fsp3) is 0.438. The molecule has 6 nitrogen and oxygen atoms in total. The minimum absolute atomic E-state index is 0.0863. The number of aromatic nitrogens is 2. The highest BCUT2D eigenvalue weighted by atomic mass is 16.2. The molecule has 2 aromatic rings. The molecule has 0 N–H and O–H groups in total. The van der Waals surface area contributed by atoms with Crippen molar-refractivity contribution in [2.24, 2.45) is 0 Å². The second-order valence-corrected chi connectivity index (χ2v) is 5.69. The molecule has 1 aliphatic rings. The smallest absolute Gasteiger partial charge is 0.261 e. The Hall–Kier alpha value is -2.21. The van der Waals surface area contributed by atoms with E-state index in [-0.39, 0.29) is 11.5 Å². The number of aryl methyl sites for hydroxylation is 1. The quantitative estimate of drug-likeness (QED) is 0.831. The normalized spacial score (nSPS) is 16.1. The van der Waals surface area contributed by atoms with E-state index >= 15 is 0 Å². The van der Waals surface area contributed by atoms with Crippen molar-refractivity contribution in [3.63, 3.8) is 0 Å². The largest absolute Gasteiger partial charge is 0.340 e. The molecule has 0 radical (unpaired) electrons. The molecule has 0 bridgehead atoms. The lowest BCUT2D eigenvalue weighted by atomic mass is 10.2. The number of para-hydroxylation sites is 1. The summed E-state index contributed by atoms with van der Waals surface area (Å²) >= 11 is 0. The van der Waals surface area contributed by atoms with E-state index in [1.807, 2.05) is 23.1 Å². The fourth-order valence-electron chi connectivity index (χ4n) is 2.70. The summed E-state index contributed by atoms with van der Waals surface area (Å²) in [6.07, 6.45) is 1.87. The number of fused-ring (bicyclic) bond motifs is 1. The summed E-state index contributed by atoms with van der Waals surface area (Å²) in [6, 6.07) is 7.26. The Morgan fingerprint density at radius 1 is 1.18 bits per heavy atom. The number of piperazine rings is 1. The second-order valence-electron chi connectivity index (χ2n) is 5.69. The van der Waals surface area contributed by atoms with E-state index in [9.17, 15) is 9.59 Å². The summed E-state index contributed by atoms with van der Waals surface area (Å²) < 4.78 is 1.52. The minimum atomic E-state index is -0.0863. The van der Waals surface area contributed by atoms with Crippen molar-refractivity contribution in [2.45, 2.75) is 13.0 Å². The van der Waals surface area contributed by atoms with Crippen LogP contribution < -0.4 is 5.56 Å². The first-order valence-electron chi connectivity index (χ1n) is 7.55. The summed E-state index contributed by atoms with van der Waals surface area (Å²) in [4.78, 5) is 32.9. The van der Waals surface area contributed by atoms with Gasteiger partial charge in [0.2, 0.25) is 5.91 Å². The van der Waals surface area contributed by atoms with E-state index in [0.717, 1.165) is 26.2 Å². The predicted octanol–water partition coefficient (Wildman–Crippen LogP) is 0.561. The van der Waals surface area contributed by atoms with Crippen LogP contribution >= 0.6 is 0 Å². The number of nitrogens with zero attached hydrogens (tertiary/aromatic N) is 4. The molecular weight excluding hydrogens is 280 g/mol. The maximum atomic E-state index is 12.4. The molecule has 22 heavy (non-hydrogen) atoms. The molecule has 1 fully saturated rings. The van der Waals surface area contributed by atoms with Gasteiger partial charge in [-0.2, -0.15) is 0 Å². The monoisotopic (exact) mass is 300 g/mol. The summed E-state index contributed by atoms with van der Waals surface area (Å²) in [7, 11) is 2.06. The molecule has 0 saturated carbocycles. The molecule has 0 aliphatic carbocycles. The molecule has 0 unspecified atom stereocenters. The van der Waals surface area contributed by atoms with Gasteiger partial charge in [0, 0.05) is 39.1 Å². The lowest BCUT2D eigenvalue weighted by Crippen LogP contribution is -2.47. The van der Waals surface area contributed by atoms with Crippen molar-refractivity contribution in [1.29, 1.82) is 0 Å². The molecular formula is C16H20N4O2. The molecule has 2 heterocycles. The first kappa shape index (κ1) is 14.7. The minimum Gasteiger partial charge on any atom is -0.340 e. The third kappa shape index (κ3) is 3.01.